The zero-order valence-corrected chi connectivity index (χ0v) is 18.0. The molecule has 0 aliphatic heterocycles. The molecule has 166 valence electrons. The number of ether oxygens (including phenoxy) is 3. The van der Waals surface area contributed by atoms with Crippen LogP contribution in [0.4, 0.5) is 0 Å². The van der Waals surface area contributed by atoms with Gasteiger partial charge in [-0.2, -0.15) is 0 Å². The van der Waals surface area contributed by atoms with Gasteiger partial charge in [0.1, 0.15) is 17.2 Å². The number of hydrogen-bond acceptors (Lipinski definition) is 6. The van der Waals surface area contributed by atoms with E-state index in [4.69, 9.17) is 18.6 Å². The molecule has 0 unspecified atom stereocenters. The Kier molecular flexibility index (Phi) is 7.53. The summed E-state index contributed by atoms with van der Waals surface area (Å²) < 4.78 is 20.9. The van der Waals surface area contributed by atoms with E-state index in [1.165, 1.54) is 20.5 Å². The van der Waals surface area contributed by atoms with Gasteiger partial charge >= 0.3 is 0 Å². The third-order valence-electron chi connectivity index (χ3n) is 4.57. The molecule has 0 spiro atoms. The quantitative estimate of drug-likeness (QED) is 0.499. The van der Waals surface area contributed by atoms with Gasteiger partial charge in [-0.05, 0) is 54.1 Å². The second-order valence-corrected chi connectivity index (χ2v) is 6.62. The molecule has 32 heavy (non-hydrogen) atoms. The molecule has 2 N–H and O–H groups in total. The fourth-order valence-electron chi connectivity index (χ4n) is 2.87. The van der Waals surface area contributed by atoms with E-state index < -0.39 is 11.8 Å². The van der Waals surface area contributed by atoms with Crippen LogP contribution in [-0.2, 0) is 11.3 Å². The van der Waals surface area contributed by atoms with E-state index in [2.05, 4.69) is 10.6 Å². The van der Waals surface area contributed by atoms with Gasteiger partial charge in [0, 0.05) is 5.56 Å². The maximum atomic E-state index is 12.9. The number of hydrogen-bond donors (Lipinski definition) is 2. The van der Waals surface area contributed by atoms with Crippen LogP contribution in [0, 0.1) is 0 Å². The summed E-state index contributed by atoms with van der Waals surface area (Å²) in [4.78, 5) is 25.7. The number of carbonyl (C=O) groups is 2. The monoisotopic (exact) mass is 436 g/mol. The van der Waals surface area contributed by atoms with Crippen LogP contribution >= 0.6 is 0 Å². The van der Waals surface area contributed by atoms with E-state index in [1.54, 1.807) is 67.8 Å². The van der Waals surface area contributed by atoms with Crippen LogP contribution in [0.25, 0.3) is 6.08 Å². The highest BCUT2D eigenvalue weighted by molar-refractivity contribution is 6.05. The van der Waals surface area contributed by atoms with Gasteiger partial charge in [0.05, 0.1) is 34.1 Å². The number of amides is 2. The van der Waals surface area contributed by atoms with Crippen LogP contribution < -0.4 is 24.8 Å². The third-order valence-corrected chi connectivity index (χ3v) is 4.57. The van der Waals surface area contributed by atoms with Gasteiger partial charge in [-0.15, -0.1) is 0 Å². The van der Waals surface area contributed by atoms with Gasteiger partial charge in [-0.25, -0.2) is 0 Å². The topological polar surface area (TPSA) is 99.0 Å². The van der Waals surface area contributed by atoms with Crippen molar-refractivity contribution < 1.29 is 28.2 Å². The number of furan rings is 1. The van der Waals surface area contributed by atoms with Gasteiger partial charge in [-0.1, -0.05) is 12.1 Å². The largest absolute Gasteiger partial charge is 0.497 e. The van der Waals surface area contributed by atoms with Crippen LogP contribution in [0.3, 0.4) is 0 Å². The van der Waals surface area contributed by atoms with Crippen LogP contribution in [0.15, 0.2) is 71.0 Å². The Morgan fingerprint density at radius 3 is 2.31 bits per heavy atom. The molecule has 1 heterocycles. The van der Waals surface area contributed by atoms with E-state index in [9.17, 15) is 9.59 Å². The number of methoxy groups -OCH3 is 3. The van der Waals surface area contributed by atoms with E-state index in [1.807, 2.05) is 0 Å². The Hall–Kier alpha value is -4.20. The standard InChI is InChI=1S/C24H24N2O6/c1-29-18-9-6-16(7-10-18)13-20(24(28)25-15-19-5-4-12-32-19)26-23(27)17-8-11-21(30-2)22(14-17)31-3/h4-14H,15H2,1-3H3,(H,25,28)(H,26,27). The summed E-state index contributed by atoms with van der Waals surface area (Å²) in [7, 11) is 4.56. The molecule has 2 aromatic carbocycles. The van der Waals surface area contributed by atoms with E-state index in [0.717, 1.165) is 0 Å². The van der Waals surface area contributed by atoms with Gasteiger partial charge in [0.15, 0.2) is 11.5 Å². The lowest BCUT2D eigenvalue weighted by molar-refractivity contribution is -0.118. The second-order valence-electron chi connectivity index (χ2n) is 6.62. The maximum absolute atomic E-state index is 12.9. The zero-order chi connectivity index (χ0) is 22.9. The van der Waals surface area contributed by atoms with Gasteiger partial charge in [-0.3, -0.25) is 9.59 Å². The fraction of sp³-hybridized carbons (Fsp3) is 0.167. The molecular formula is C24H24N2O6. The Morgan fingerprint density at radius 1 is 0.938 bits per heavy atom. The number of rotatable bonds is 9. The minimum absolute atomic E-state index is 0.0708. The Balaban J connectivity index is 1.84. The second kappa shape index (κ2) is 10.7. The summed E-state index contributed by atoms with van der Waals surface area (Å²) in [6.07, 6.45) is 3.10. The van der Waals surface area contributed by atoms with E-state index in [0.29, 0.717) is 34.1 Å². The predicted molar refractivity (Wildman–Crippen MR) is 119 cm³/mol. The number of carbonyl (C=O) groups excluding carboxylic acids is 2. The normalized spacial score (nSPS) is 10.9. The smallest absolute Gasteiger partial charge is 0.268 e. The van der Waals surface area contributed by atoms with Crippen molar-refractivity contribution in [3.05, 3.63) is 83.4 Å². The lowest BCUT2D eigenvalue weighted by Crippen LogP contribution is -2.34. The van der Waals surface area contributed by atoms with Crippen molar-refractivity contribution in [1.29, 1.82) is 0 Å². The van der Waals surface area contributed by atoms with E-state index >= 15 is 0 Å². The number of benzene rings is 2. The Bertz CT molecular complexity index is 1090. The predicted octanol–water partition coefficient (Wildman–Crippen LogP) is 3.39. The molecule has 0 saturated carbocycles. The molecule has 0 radical (unpaired) electrons. The molecule has 1 aromatic heterocycles. The molecule has 0 saturated heterocycles. The van der Waals surface area contributed by atoms with Crippen molar-refractivity contribution in [3.8, 4) is 17.2 Å². The van der Waals surface area contributed by atoms with Crippen molar-refractivity contribution in [2.45, 2.75) is 6.54 Å². The summed E-state index contributed by atoms with van der Waals surface area (Å²) >= 11 is 0. The molecule has 8 nitrogen and oxygen atoms in total. The fourth-order valence-corrected chi connectivity index (χ4v) is 2.87. The Morgan fingerprint density at radius 2 is 1.69 bits per heavy atom. The summed E-state index contributed by atoms with van der Waals surface area (Å²) in [6.45, 7) is 0.179. The Labute approximate surface area is 185 Å². The van der Waals surface area contributed by atoms with Crippen LogP contribution in [-0.4, -0.2) is 33.1 Å². The maximum Gasteiger partial charge on any atom is 0.268 e. The summed E-state index contributed by atoms with van der Waals surface area (Å²) in [5.74, 6) is 1.23. The molecule has 0 atom stereocenters. The van der Waals surface area contributed by atoms with Gasteiger partial charge in [0.2, 0.25) is 0 Å². The molecule has 0 bridgehead atoms. The summed E-state index contributed by atoms with van der Waals surface area (Å²) in [6, 6.07) is 15.3. The molecule has 0 fully saturated rings. The van der Waals surface area contributed by atoms with Crippen molar-refractivity contribution in [2.24, 2.45) is 0 Å². The van der Waals surface area contributed by atoms with Crippen molar-refractivity contribution in [3.63, 3.8) is 0 Å². The van der Waals surface area contributed by atoms with Crippen molar-refractivity contribution in [1.82, 2.24) is 10.6 Å². The first-order chi connectivity index (χ1) is 15.5. The molecule has 0 aliphatic carbocycles. The molecule has 2 amide bonds. The third kappa shape index (κ3) is 5.69. The highest BCUT2D eigenvalue weighted by Crippen LogP contribution is 2.27. The zero-order valence-electron chi connectivity index (χ0n) is 18.0. The first-order valence-corrected chi connectivity index (χ1v) is 9.73. The average Bonchev–Trinajstić information content (AvgIpc) is 3.35. The summed E-state index contributed by atoms with van der Waals surface area (Å²) in [5.41, 5.74) is 1.09. The first-order valence-electron chi connectivity index (χ1n) is 9.73. The molecule has 3 aromatic rings. The van der Waals surface area contributed by atoms with Crippen LogP contribution in [0.5, 0.6) is 17.2 Å². The molecule has 0 aliphatic rings. The van der Waals surface area contributed by atoms with Crippen molar-refractivity contribution >= 4 is 17.9 Å². The van der Waals surface area contributed by atoms with Gasteiger partial charge in [0.25, 0.3) is 11.8 Å². The van der Waals surface area contributed by atoms with E-state index in [-0.39, 0.29) is 12.2 Å². The molecule has 3 rings (SSSR count). The lowest BCUT2D eigenvalue weighted by atomic mass is 10.1. The lowest BCUT2D eigenvalue weighted by Gasteiger charge is -2.12. The minimum Gasteiger partial charge on any atom is -0.497 e. The van der Waals surface area contributed by atoms with Crippen LogP contribution in [0.1, 0.15) is 21.7 Å². The SMILES string of the molecule is COc1ccc(C=C(NC(=O)c2ccc(OC)c(OC)c2)C(=O)NCc2ccco2)cc1. The number of nitrogens with one attached hydrogen (secondary N) is 2. The van der Waals surface area contributed by atoms with Gasteiger partial charge < -0.3 is 29.3 Å². The highest BCUT2D eigenvalue weighted by atomic mass is 16.5. The molecule has 8 heteroatoms. The average molecular weight is 436 g/mol. The first kappa shape index (κ1) is 22.5. The van der Waals surface area contributed by atoms with Crippen LogP contribution in [0.2, 0.25) is 0 Å². The molecular weight excluding hydrogens is 412 g/mol. The van der Waals surface area contributed by atoms with Crippen molar-refractivity contribution in [2.75, 3.05) is 21.3 Å². The minimum atomic E-state index is -0.473. The summed E-state index contributed by atoms with van der Waals surface area (Å²) in [5, 5.41) is 5.42. The highest BCUT2D eigenvalue weighted by Gasteiger charge is 2.17.